The van der Waals surface area contributed by atoms with Crippen molar-refractivity contribution in [2.45, 2.75) is 45.6 Å². The van der Waals surface area contributed by atoms with Gasteiger partial charge in [-0.05, 0) is 6.92 Å². The summed E-state index contributed by atoms with van der Waals surface area (Å²) in [5, 5.41) is 12.2. The van der Waals surface area contributed by atoms with Gasteiger partial charge < -0.3 is 15.4 Å². The lowest BCUT2D eigenvalue weighted by Crippen LogP contribution is -2.42. The lowest BCUT2D eigenvalue weighted by Gasteiger charge is -2.19. The van der Waals surface area contributed by atoms with Crippen molar-refractivity contribution in [3.05, 3.63) is 44.0 Å². The fourth-order valence-corrected chi connectivity index (χ4v) is 2.89. The number of carbonyl (C=O) groups excluding carboxylic acids is 1. The van der Waals surface area contributed by atoms with Gasteiger partial charge >= 0.3 is 0 Å². The number of aromatic nitrogens is 3. The molecule has 0 bridgehead atoms. The second-order valence-electron chi connectivity index (χ2n) is 6.65. The molecule has 3 N–H and O–H groups in total. The Hall–Kier alpha value is -2.06. The van der Waals surface area contributed by atoms with Gasteiger partial charge in [0, 0.05) is 22.9 Å². The van der Waals surface area contributed by atoms with Gasteiger partial charge in [-0.1, -0.05) is 20.8 Å². The molecule has 0 saturated heterocycles. The zero-order valence-corrected chi connectivity index (χ0v) is 15.0. The topological polar surface area (TPSA) is 108 Å². The third-order valence-corrected chi connectivity index (χ3v) is 4.33. The summed E-state index contributed by atoms with van der Waals surface area (Å²) in [5.41, 5.74) is 1.25. The van der Waals surface area contributed by atoms with E-state index in [0.29, 0.717) is 17.9 Å². The van der Waals surface area contributed by atoms with Gasteiger partial charge in [0.1, 0.15) is 11.4 Å². The Morgan fingerprint density at radius 3 is 2.67 bits per heavy atom. The van der Waals surface area contributed by atoms with Crippen molar-refractivity contribution < 1.29 is 9.90 Å². The highest BCUT2D eigenvalue weighted by molar-refractivity contribution is 7.09. The summed E-state index contributed by atoms with van der Waals surface area (Å²) >= 11 is 1.45. The number of aliphatic hydroxyl groups excluding tert-OH is 1. The van der Waals surface area contributed by atoms with E-state index in [0.717, 1.165) is 4.88 Å². The molecule has 130 valence electrons. The molecule has 2 aromatic heterocycles. The minimum Gasteiger partial charge on any atom is -0.394 e. The maximum absolute atomic E-state index is 12.5. The number of aryl methyl sites for hydroxylation is 1. The first-order chi connectivity index (χ1) is 11.2. The Balaban J connectivity index is 2.21. The number of aromatic amines is 1. The highest BCUT2D eigenvalue weighted by atomic mass is 32.1. The molecule has 2 rings (SSSR count). The van der Waals surface area contributed by atoms with Crippen molar-refractivity contribution in [2.24, 2.45) is 0 Å². The van der Waals surface area contributed by atoms with Crippen molar-refractivity contribution in [3.8, 4) is 0 Å². The van der Waals surface area contributed by atoms with Gasteiger partial charge in [0.2, 0.25) is 0 Å². The number of aliphatic hydroxyl groups is 1. The summed E-state index contributed by atoms with van der Waals surface area (Å²) in [6.07, 6.45) is 2.15. The lowest BCUT2D eigenvalue weighted by atomic mass is 9.95. The van der Waals surface area contributed by atoms with Crippen molar-refractivity contribution >= 4 is 17.2 Å². The van der Waals surface area contributed by atoms with Crippen LogP contribution in [-0.2, 0) is 11.8 Å². The van der Waals surface area contributed by atoms with Crippen molar-refractivity contribution in [3.63, 3.8) is 0 Å². The van der Waals surface area contributed by atoms with Crippen LogP contribution in [0.4, 0.5) is 0 Å². The largest absolute Gasteiger partial charge is 0.394 e. The second-order valence-corrected chi connectivity index (χ2v) is 7.62. The molecule has 1 atom stereocenters. The molecule has 0 fully saturated rings. The van der Waals surface area contributed by atoms with E-state index in [1.54, 1.807) is 18.6 Å². The summed E-state index contributed by atoms with van der Waals surface area (Å²) < 4.78 is 0. The van der Waals surface area contributed by atoms with Crippen LogP contribution in [0.3, 0.4) is 0 Å². The standard InChI is InChI=1S/C16H22N4O3S/c1-9-12(14(23)20-15(18-9)16(2,3)4)13(22)19-10(7-21)5-11-6-17-8-24-11/h6,8,10,21H,5,7H2,1-4H3,(H,19,22)(H,18,20,23). The number of thiazole rings is 1. The Morgan fingerprint density at radius 1 is 1.46 bits per heavy atom. The van der Waals surface area contributed by atoms with Crippen LogP contribution in [0.25, 0.3) is 0 Å². The summed E-state index contributed by atoms with van der Waals surface area (Å²) in [6.45, 7) is 7.20. The van der Waals surface area contributed by atoms with Crippen molar-refractivity contribution in [2.75, 3.05) is 6.61 Å². The van der Waals surface area contributed by atoms with Crippen LogP contribution in [0, 0.1) is 6.92 Å². The van der Waals surface area contributed by atoms with E-state index in [1.807, 2.05) is 20.8 Å². The van der Waals surface area contributed by atoms with Gasteiger partial charge in [0.15, 0.2) is 0 Å². The van der Waals surface area contributed by atoms with Gasteiger partial charge in [-0.25, -0.2) is 4.98 Å². The van der Waals surface area contributed by atoms with Gasteiger partial charge in [0.25, 0.3) is 11.5 Å². The maximum atomic E-state index is 12.5. The van der Waals surface area contributed by atoms with Crippen LogP contribution in [-0.4, -0.2) is 38.6 Å². The van der Waals surface area contributed by atoms with Crippen LogP contribution in [0.15, 0.2) is 16.5 Å². The van der Waals surface area contributed by atoms with Gasteiger partial charge in [0.05, 0.1) is 23.9 Å². The van der Waals surface area contributed by atoms with Gasteiger partial charge in [-0.15, -0.1) is 11.3 Å². The number of hydrogen-bond acceptors (Lipinski definition) is 6. The van der Waals surface area contributed by atoms with E-state index in [1.165, 1.54) is 11.3 Å². The molecule has 0 aliphatic heterocycles. The molecule has 0 aliphatic rings. The van der Waals surface area contributed by atoms with Gasteiger partial charge in [-0.2, -0.15) is 0 Å². The number of nitrogens with one attached hydrogen (secondary N) is 2. The molecule has 2 aromatic rings. The minimum atomic E-state index is -0.537. The average Bonchev–Trinajstić information content (AvgIpc) is 2.97. The van der Waals surface area contributed by atoms with Crippen LogP contribution in [0.5, 0.6) is 0 Å². The molecule has 0 radical (unpaired) electrons. The quantitative estimate of drug-likeness (QED) is 0.750. The Kier molecular flexibility index (Phi) is 5.51. The van der Waals surface area contributed by atoms with E-state index < -0.39 is 17.5 Å². The molecular weight excluding hydrogens is 328 g/mol. The third-order valence-electron chi connectivity index (χ3n) is 3.52. The van der Waals surface area contributed by atoms with Crippen LogP contribution < -0.4 is 10.9 Å². The Morgan fingerprint density at radius 2 is 2.17 bits per heavy atom. The fraction of sp³-hybridized carbons (Fsp3) is 0.500. The molecule has 1 unspecified atom stereocenters. The number of hydrogen-bond donors (Lipinski definition) is 3. The minimum absolute atomic E-state index is 0.0224. The van der Waals surface area contributed by atoms with E-state index in [-0.39, 0.29) is 17.6 Å². The molecule has 0 saturated carbocycles. The summed E-state index contributed by atoms with van der Waals surface area (Å²) in [6, 6.07) is -0.487. The highest BCUT2D eigenvalue weighted by Gasteiger charge is 2.23. The number of rotatable bonds is 5. The summed E-state index contributed by atoms with van der Waals surface area (Å²) in [5.74, 6) is -0.00445. The molecule has 8 heteroatoms. The van der Waals surface area contributed by atoms with E-state index in [2.05, 4.69) is 20.3 Å². The molecule has 24 heavy (non-hydrogen) atoms. The zero-order chi connectivity index (χ0) is 17.9. The first-order valence-corrected chi connectivity index (χ1v) is 8.50. The zero-order valence-electron chi connectivity index (χ0n) is 14.2. The SMILES string of the molecule is Cc1nc(C(C)(C)C)[nH]c(=O)c1C(=O)NC(CO)Cc1cncs1. The predicted octanol–water partition coefficient (Wildman–Crippen LogP) is 1.17. The molecule has 2 heterocycles. The first kappa shape index (κ1) is 18.3. The number of H-pyrrole nitrogens is 1. The number of nitrogens with zero attached hydrogens (tertiary/aromatic N) is 2. The van der Waals surface area contributed by atoms with E-state index in [4.69, 9.17) is 0 Å². The van der Waals surface area contributed by atoms with E-state index >= 15 is 0 Å². The Labute approximate surface area is 144 Å². The normalized spacial score (nSPS) is 12.9. The van der Waals surface area contributed by atoms with Crippen LogP contribution in [0.2, 0.25) is 0 Å². The molecule has 1 amide bonds. The Bertz CT molecular complexity index is 763. The molecule has 0 aromatic carbocycles. The number of carbonyl (C=O) groups is 1. The second kappa shape index (κ2) is 7.23. The molecule has 0 aliphatic carbocycles. The van der Waals surface area contributed by atoms with Crippen LogP contribution >= 0.6 is 11.3 Å². The molecule has 0 spiro atoms. The smallest absolute Gasteiger partial charge is 0.264 e. The molecular formula is C16H22N4O3S. The monoisotopic (exact) mass is 350 g/mol. The first-order valence-electron chi connectivity index (χ1n) is 7.63. The predicted molar refractivity (Wildman–Crippen MR) is 92.5 cm³/mol. The van der Waals surface area contributed by atoms with Crippen molar-refractivity contribution in [1.29, 1.82) is 0 Å². The fourth-order valence-electron chi connectivity index (χ4n) is 2.21. The van der Waals surface area contributed by atoms with Gasteiger partial charge in [-0.3, -0.25) is 14.6 Å². The highest BCUT2D eigenvalue weighted by Crippen LogP contribution is 2.17. The summed E-state index contributed by atoms with van der Waals surface area (Å²) in [7, 11) is 0. The van der Waals surface area contributed by atoms with Crippen LogP contribution in [0.1, 0.15) is 47.5 Å². The molecule has 7 nitrogen and oxygen atoms in total. The maximum Gasteiger partial charge on any atom is 0.264 e. The third kappa shape index (κ3) is 4.27. The summed E-state index contributed by atoms with van der Waals surface area (Å²) in [4.78, 5) is 36.7. The van der Waals surface area contributed by atoms with Crippen molar-refractivity contribution in [1.82, 2.24) is 20.3 Å². The average molecular weight is 350 g/mol. The number of amides is 1. The lowest BCUT2D eigenvalue weighted by molar-refractivity contribution is 0.0914. The van der Waals surface area contributed by atoms with E-state index in [9.17, 15) is 14.7 Å².